The summed E-state index contributed by atoms with van der Waals surface area (Å²) >= 11 is 0. The topological polar surface area (TPSA) is 51.8 Å². The van der Waals surface area contributed by atoms with E-state index in [2.05, 4.69) is 27.1 Å². The van der Waals surface area contributed by atoms with Gasteiger partial charge in [-0.2, -0.15) is 0 Å². The first-order valence-electron chi connectivity index (χ1n) is 12.9. The Balaban J connectivity index is 0.000000209. The van der Waals surface area contributed by atoms with Crippen molar-refractivity contribution in [2.45, 2.75) is 6.85 Å². The van der Waals surface area contributed by atoms with Crippen LogP contribution in [0.5, 0.6) is 0 Å². The summed E-state index contributed by atoms with van der Waals surface area (Å²) in [5.41, 5.74) is 5.73. The first-order chi connectivity index (χ1) is 19.0. The number of pyridine rings is 3. The van der Waals surface area contributed by atoms with Crippen molar-refractivity contribution in [2.75, 3.05) is 0 Å². The summed E-state index contributed by atoms with van der Waals surface area (Å²) in [6.45, 7) is -2.18. The molecular formula is C32H21IrN3O-2. The molecule has 0 fully saturated rings. The molecule has 7 rings (SSSR count). The molecule has 0 unspecified atom stereocenters. The first kappa shape index (κ1) is 21.0. The minimum atomic E-state index is -2.18. The molecule has 3 aromatic carbocycles. The van der Waals surface area contributed by atoms with Crippen LogP contribution in [0.4, 0.5) is 0 Å². The molecule has 0 atom stereocenters. The van der Waals surface area contributed by atoms with E-state index in [1.165, 1.54) is 6.20 Å². The zero-order valence-electron chi connectivity index (χ0n) is 22.5. The third-order valence-corrected chi connectivity index (χ3v) is 5.84. The van der Waals surface area contributed by atoms with Gasteiger partial charge in [-0.05, 0) is 35.9 Å². The minimum Gasteiger partial charge on any atom is -0.498 e. The molecule has 7 aromatic rings. The third kappa shape index (κ3) is 4.92. The number of aryl methyl sites for hydroxylation is 1. The quantitative estimate of drug-likeness (QED) is 0.178. The molecule has 4 nitrogen and oxygen atoms in total. The Morgan fingerprint density at radius 3 is 2.38 bits per heavy atom. The molecule has 5 heteroatoms. The second-order valence-corrected chi connectivity index (χ2v) is 8.14. The number of hydrogen-bond donors (Lipinski definition) is 0. The number of aromatic nitrogens is 3. The van der Waals surface area contributed by atoms with Gasteiger partial charge in [0.05, 0.1) is 5.58 Å². The molecular weight excluding hydrogens is 635 g/mol. The van der Waals surface area contributed by atoms with Gasteiger partial charge >= 0.3 is 0 Å². The van der Waals surface area contributed by atoms with Crippen LogP contribution in [0.3, 0.4) is 0 Å². The van der Waals surface area contributed by atoms with Crippen LogP contribution in [-0.2, 0) is 20.1 Å². The third-order valence-electron chi connectivity index (χ3n) is 5.84. The van der Waals surface area contributed by atoms with E-state index >= 15 is 0 Å². The monoisotopic (exact) mass is 659 g/mol. The van der Waals surface area contributed by atoms with Gasteiger partial charge in [0.2, 0.25) is 0 Å². The summed E-state index contributed by atoms with van der Waals surface area (Å²) in [4.78, 5) is 13.0. The van der Waals surface area contributed by atoms with E-state index in [9.17, 15) is 0 Å². The van der Waals surface area contributed by atoms with Crippen LogP contribution in [0.25, 0.3) is 55.4 Å². The summed E-state index contributed by atoms with van der Waals surface area (Å²) in [6, 6.07) is 35.0. The molecule has 0 amide bonds. The smallest absolute Gasteiger partial charge is 0.147 e. The maximum absolute atomic E-state index is 7.49. The average Bonchev–Trinajstić information content (AvgIpc) is 3.38. The molecule has 0 aliphatic rings. The van der Waals surface area contributed by atoms with Gasteiger partial charge in [0, 0.05) is 53.6 Å². The number of benzene rings is 3. The number of nitrogens with zero attached hydrogens (tertiary/aromatic N) is 3. The van der Waals surface area contributed by atoms with Gasteiger partial charge < -0.3 is 14.4 Å². The molecule has 0 aliphatic heterocycles. The Morgan fingerprint density at radius 2 is 1.59 bits per heavy atom. The molecule has 37 heavy (non-hydrogen) atoms. The second kappa shape index (κ2) is 10.8. The fourth-order valence-corrected chi connectivity index (χ4v) is 4.14. The van der Waals surface area contributed by atoms with Crippen molar-refractivity contribution < 1.29 is 28.6 Å². The Morgan fingerprint density at radius 1 is 0.703 bits per heavy atom. The Bertz CT molecular complexity index is 1850. The summed E-state index contributed by atoms with van der Waals surface area (Å²) in [6.07, 6.45) is 4.92. The Labute approximate surface area is 232 Å². The predicted octanol–water partition coefficient (Wildman–Crippen LogP) is 7.85. The van der Waals surface area contributed by atoms with Gasteiger partial charge in [0.15, 0.2) is 0 Å². The fourth-order valence-electron chi connectivity index (χ4n) is 4.14. The summed E-state index contributed by atoms with van der Waals surface area (Å²) < 4.78 is 28.7. The van der Waals surface area contributed by atoms with Gasteiger partial charge in [0.1, 0.15) is 11.1 Å². The summed E-state index contributed by atoms with van der Waals surface area (Å²) in [7, 11) is 0. The van der Waals surface area contributed by atoms with E-state index < -0.39 is 6.85 Å². The molecule has 4 aromatic heterocycles. The van der Waals surface area contributed by atoms with Crippen molar-refractivity contribution in [3.63, 3.8) is 0 Å². The molecule has 0 saturated carbocycles. The minimum absolute atomic E-state index is 0. The largest absolute Gasteiger partial charge is 0.498 e. The zero-order valence-corrected chi connectivity index (χ0v) is 21.9. The van der Waals surface area contributed by atoms with Crippen LogP contribution in [0.1, 0.15) is 9.68 Å². The van der Waals surface area contributed by atoms with E-state index in [0.717, 1.165) is 38.5 Å². The number of furan rings is 1. The molecule has 181 valence electrons. The predicted molar refractivity (Wildman–Crippen MR) is 144 cm³/mol. The number of rotatable bonds is 2. The van der Waals surface area contributed by atoms with Crippen molar-refractivity contribution in [2.24, 2.45) is 0 Å². The Kier molecular flexibility index (Phi) is 6.14. The van der Waals surface area contributed by atoms with E-state index in [4.69, 9.17) is 8.53 Å². The van der Waals surface area contributed by atoms with Gasteiger partial charge in [-0.15, -0.1) is 54.1 Å². The molecule has 0 aliphatic carbocycles. The van der Waals surface area contributed by atoms with E-state index in [1.54, 1.807) is 24.5 Å². The van der Waals surface area contributed by atoms with Crippen molar-refractivity contribution in [1.82, 2.24) is 15.0 Å². The molecule has 4 heterocycles. The van der Waals surface area contributed by atoms with E-state index in [-0.39, 0.29) is 25.7 Å². The van der Waals surface area contributed by atoms with Gasteiger partial charge in [0.25, 0.3) is 0 Å². The molecule has 0 bridgehead atoms. The van der Waals surface area contributed by atoms with Crippen molar-refractivity contribution in [3.8, 4) is 22.5 Å². The van der Waals surface area contributed by atoms with Gasteiger partial charge in [-0.25, -0.2) is 0 Å². The zero-order chi connectivity index (χ0) is 26.8. The van der Waals surface area contributed by atoms with Crippen molar-refractivity contribution in [3.05, 3.63) is 127 Å². The second-order valence-electron chi connectivity index (χ2n) is 8.14. The van der Waals surface area contributed by atoms with Crippen LogP contribution in [-0.4, -0.2) is 15.0 Å². The van der Waals surface area contributed by atoms with Crippen LogP contribution in [0, 0.1) is 19.0 Å². The summed E-state index contributed by atoms with van der Waals surface area (Å²) in [5.74, 6) is 0. The van der Waals surface area contributed by atoms with Gasteiger partial charge in [-0.1, -0.05) is 53.4 Å². The standard InChI is InChI=1S/C21H13N2O.C11H8N.Ir/c1-13-7-10-18(23-12-13)17-6-2-5-15-16-9-8-14-4-3-11-22-19(14)21(16)24-20(15)17;1-2-6-10(7-3-1)11-8-4-5-9-12-11;/h2-5,7-12H,1H3;1-6,8-9H;/q2*-1;/i1D3;;. The maximum Gasteiger partial charge on any atom is 0.147 e. The molecule has 0 saturated heterocycles. The fraction of sp³-hybridized carbons (Fsp3) is 0.0312. The van der Waals surface area contributed by atoms with Gasteiger partial charge in [-0.3, -0.25) is 4.98 Å². The van der Waals surface area contributed by atoms with Crippen LogP contribution in [0.15, 0.2) is 114 Å². The maximum atomic E-state index is 7.49. The van der Waals surface area contributed by atoms with Crippen molar-refractivity contribution >= 4 is 32.8 Å². The van der Waals surface area contributed by atoms with Crippen LogP contribution >= 0.6 is 0 Å². The summed E-state index contributed by atoms with van der Waals surface area (Å²) in [5, 5.41) is 2.94. The van der Waals surface area contributed by atoms with Crippen LogP contribution in [0.2, 0.25) is 0 Å². The SMILES string of the molecule is [2H]C([2H])([2H])c1ccc(-c2[c-]ccc3c2oc2c3ccc3cccnc32)nc1.[Ir].[c-]1ccccc1-c1ccccn1. The van der Waals surface area contributed by atoms with E-state index in [0.29, 0.717) is 16.8 Å². The first-order valence-corrected chi connectivity index (χ1v) is 11.4. The molecule has 0 N–H and O–H groups in total. The Hall–Kier alpha value is -4.18. The van der Waals surface area contributed by atoms with E-state index in [1.807, 2.05) is 78.9 Å². The average molecular weight is 659 g/mol. The molecule has 1 radical (unpaired) electrons. The van der Waals surface area contributed by atoms with Crippen molar-refractivity contribution in [1.29, 1.82) is 0 Å². The van der Waals surface area contributed by atoms with Crippen LogP contribution < -0.4 is 0 Å². The molecule has 0 spiro atoms. The number of fused-ring (bicyclic) bond motifs is 5. The normalized spacial score (nSPS) is 12.2. The number of hydrogen-bond acceptors (Lipinski definition) is 4.